The Labute approximate surface area is 177 Å². The van der Waals surface area contributed by atoms with E-state index in [4.69, 9.17) is 10.2 Å². The first-order valence-corrected chi connectivity index (χ1v) is 9.79. The van der Waals surface area contributed by atoms with Crippen LogP contribution in [-0.4, -0.2) is 46.0 Å². The van der Waals surface area contributed by atoms with Gasteiger partial charge in [-0.2, -0.15) is 0 Å². The number of aliphatic carboxylic acids is 2. The summed E-state index contributed by atoms with van der Waals surface area (Å²) in [5.74, 6) is -6.65. The lowest BCUT2D eigenvalue weighted by atomic mass is 9.92. The average Bonchev–Trinajstić information content (AvgIpc) is 2.73. The topological polar surface area (TPSA) is 161 Å². The van der Waals surface area contributed by atoms with E-state index in [9.17, 15) is 28.8 Å². The Kier molecular flexibility index (Phi) is 8.42. The zero-order valence-electron chi connectivity index (χ0n) is 16.7. The van der Waals surface area contributed by atoms with E-state index in [1.54, 1.807) is 0 Å². The van der Waals surface area contributed by atoms with Crippen LogP contribution in [0.15, 0.2) is 34.4 Å². The smallest absolute Gasteiger partial charge is 0.342 e. The molecule has 0 saturated carbocycles. The molecule has 2 N–H and O–H groups in total. The molecule has 0 unspecified atom stereocenters. The Morgan fingerprint density at radius 2 is 1.10 bits per heavy atom. The van der Waals surface area contributed by atoms with Crippen molar-refractivity contribution in [3.63, 3.8) is 0 Å². The van der Waals surface area contributed by atoms with Gasteiger partial charge in [-0.25, -0.2) is 24.0 Å². The first-order valence-electron chi connectivity index (χ1n) is 9.79. The summed E-state index contributed by atoms with van der Waals surface area (Å²) in [7, 11) is 0. The summed E-state index contributed by atoms with van der Waals surface area (Å²) in [6.07, 6.45) is 4.60. The van der Waals surface area contributed by atoms with Gasteiger partial charge in [0.15, 0.2) is 0 Å². The number of hydrogen-bond acceptors (Lipinski definition) is 8. The van der Waals surface area contributed by atoms with Gasteiger partial charge in [0, 0.05) is 28.4 Å². The zero-order valence-corrected chi connectivity index (χ0v) is 16.7. The lowest BCUT2D eigenvalue weighted by Gasteiger charge is -2.15. The third-order valence-electron chi connectivity index (χ3n) is 4.88. The molecule has 0 radical (unpaired) electrons. The van der Waals surface area contributed by atoms with E-state index in [-0.39, 0.29) is 48.0 Å². The molecule has 0 heterocycles. The number of carboxylic acid groups (broad SMARTS) is 2. The molecule has 0 aromatic rings. The van der Waals surface area contributed by atoms with Gasteiger partial charge in [0.05, 0.1) is 6.42 Å². The van der Waals surface area contributed by atoms with Gasteiger partial charge in [-0.05, 0) is 51.4 Å². The average molecular weight is 434 g/mol. The SMILES string of the molecule is O=C(/C=C/CC(=O)OC(=O)C1=C(C(=O)O)CCCC1)OC(=O)C1=C(C(=O)O)CCCC1. The van der Waals surface area contributed by atoms with Gasteiger partial charge in [-0.1, -0.05) is 6.08 Å². The molecule has 0 atom stereocenters. The van der Waals surface area contributed by atoms with Gasteiger partial charge in [0.1, 0.15) is 0 Å². The van der Waals surface area contributed by atoms with E-state index in [0.29, 0.717) is 25.7 Å². The van der Waals surface area contributed by atoms with Crippen LogP contribution in [0.25, 0.3) is 0 Å². The van der Waals surface area contributed by atoms with E-state index in [1.165, 1.54) is 0 Å². The molecule has 31 heavy (non-hydrogen) atoms. The Hall–Kier alpha value is -3.56. The van der Waals surface area contributed by atoms with E-state index >= 15 is 0 Å². The highest BCUT2D eigenvalue weighted by Crippen LogP contribution is 2.27. The van der Waals surface area contributed by atoms with Crippen LogP contribution in [0.5, 0.6) is 0 Å². The van der Waals surface area contributed by atoms with Crippen LogP contribution >= 0.6 is 0 Å². The first kappa shape index (κ1) is 23.7. The number of carboxylic acids is 2. The van der Waals surface area contributed by atoms with Crippen molar-refractivity contribution >= 4 is 35.8 Å². The number of carbonyl (C=O) groups is 6. The summed E-state index contributed by atoms with van der Waals surface area (Å²) in [5, 5.41) is 18.3. The van der Waals surface area contributed by atoms with Crippen LogP contribution in [0.3, 0.4) is 0 Å². The predicted octanol–water partition coefficient (Wildman–Crippen LogP) is 1.98. The maximum absolute atomic E-state index is 12.0. The molecule has 2 rings (SSSR count). The predicted molar refractivity (Wildman–Crippen MR) is 102 cm³/mol. The molecular formula is C21H22O10. The fourth-order valence-corrected chi connectivity index (χ4v) is 3.38. The number of rotatable bonds is 7. The van der Waals surface area contributed by atoms with Gasteiger partial charge in [-0.3, -0.25) is 4.79 Å². The quantitative estimate of drug-likeness (QED) is 0.344. The molecule has 2 aliphatic rings. The summed E-state index contributed by atoms with van der Waals surface area (Å²) < 4.78 is 9.22. The van der Waals surface area contributed by atoms with Crippen LogP contribution in [0.4, 0.5) is 0 Å². The van der Waals surface area contributed by atoms with Crippen molar-refractivity contribution in [2.75, 3.05) is 0 Å². The summed E-state index contributed by atoms with van der Waals surface area (Å²) in [4.78, 5) is 70.0. The molecule has 0 bridgehead atoms. The monoisotopic (exact) mass is 434 g/mol. The van der Waals surface area contributed by atoms with E-state index < -0.39 is 42.2 Å². The molecule has 10 heteroatoms. The normalized spacial score (nSPS) is 16.8. The van der Waals surface area contributed by atoms with Crippen molar-refractivity contribution in [3.8, 4) is 0 Å². The molecule has 2 aliphatic carbocycles. The number of carbonyl (C=O) groups excluding carboxylic acids is 4. The molecule has 10 nitrogen and oxygen atoms in total. The van der Waals surface area contributed by atoms with Crippen molar-refractivity contribution in [1.29, 1.82) is 0 Å². The minimum absolute atomic E-state index is 0.0453. The Morgan fingerprint density at radius 1 is 0.677 bits per heavy atom. The Bertz CT molecular complexity index is 903. The maximum Gasteiger partial charge on any atom is 0.342 e. The van der Waals surface area contributed by atoms with Crippen LogP contribution in [0.1, 0.15) is 57.8 Å². The van der Waals surface area contributed by atoms with Crippen molar-refractivity contribution in [3.05, 3.63) is 34.4 Å². The third-order valence-corrected chi connectivity index (χ3v) is 4.88. The van der Waals surface area contributed by atoms with E-state index in [1.807, 2.05) is 0 Å². The fraction of sp³-hybridized carbons (Fsp3) is 0.429. The van der Waals surface area contributed by atoms with Gasteiger partial charge < -0.3 is 19.7 Å². The molecular weight excluding hydrogens is 412 g/mol. The third kappa shape index (κ3) is 6.73. The minimum Gasteiger partial charge on any atom is -0.478 e. The first-order chi connectivity index (χ1) is 14.7. The zero-order chi connectivity index (χ0) is 23.0. The molecule has 0 aliphatic heterocycles. The van der Waals surface area contributed by atoms with Crippen LogP contribution in [0, 0.1) is 0 Å². The largest absolute Gasteiger partial charge is 0.478 e. The van der Waals surface area contributed by atoms with E-state index in [0.717, 1.165) is 12.2 Å². The molecule has 0 amide bonds. The lowest BCUT2D eigenvalue weighted by molar-refractivity contribution is -0.157. The number of ether oxygens (including phenoxy) is 2. The molecule has 0 spiro atoms. The van der Waals surface area contributed by atoms with Gasteiger partial charge >= 0.3 is 35.8 Å². The van der Waals surface area contributed by atoms with Crippen molar-refractivity contribution < 1.29 is 48.5 Å². The molecule has 0 aromatic heterocycles. The summed E-state index contributed by atoms with van der Waals surface area (Å²) in [6, 6.07) is 0. The second kappa shape index (κ2) is 11.0. The molecule has 0 aromatic carbocycles. The molecule has 0 fully saturated rings. The standard InChI is InChI=1S/C21H22O10/c22-16(30-20(28)14-8-3-1-6-12(14)18(24)25)10-5-11-17(23)31-21(29)15-9-4-2-7-13(15)19(26)27/h5,10H,1-4,6-9,11H2,(H,24,25)(H,26,27)/b10-5+. The lowest BCUT2D eigenvalue weighted by Crippen LogP contribution is -2.20. The number of hydrogen-bond donors (Lipinski definition) is 2. The Morgan fingerprint density at radius 3 is 1.55 bits per heavy atom. The highest BCUT2D eigenvalue weighted by atomic mass is 16.6. The van der Waals surface area contributed by atoms with Gasteiger partial charge in [0.2, 0.25) is 0 Å². The van der Waals surface area contributed by atoms with Crippen LogP contribution in [-0.2, 0) is 38.2 Å². The highest BCUT2D eigenvalue weighted by Gasteiger charge is 2.27. The highest BCUT2D eigenvalue weighted by molar-refractivity contribution is 6.05. The maximum atomic E-state index is 12.0. The summed E-state index contributed by atoms with van der Waals surface area (Å²) >= 11 is 0. The van der Waals surface area contributed by atoms with Crippen molar-refractivity contribution in [1.82, 2.24) is 0 Å². The van der Waals surface area contributed by atoms with Crippen molar-refractivity contribution in [2.24, 2.45) is 0 Å². The summed E-state index contributed by atoms with van der Waals surface area (Å²) in [5.41, 5.74) is -0.246. The van der Waals surface area contributed by atoms with Gasteiger partial charge in [0.25, 0.3) is 0 Å². The second-order valence-corrected chi connectivity index (χ2v) is 7.02. The fourth-order valence-electron chi connectivity index (χ4n) is 3.38. The molecule has 0 saturated heterocycles. The minimum atomic E-state index is -1.24. The van der Waals surface area contributed by atoms with Crippen LogP contribution in [0.2, 0.25) is 0 Å². The summed E-state index contributed by atoms with van der Waals surface area (Å²) in [6.45, 7) is 0. The Balaban J connectivity index is 1.89. The number of esters is 4. The molecule has 166 valence electrons. The van der Waals surface area contributed by atoms with Gasteiger partial charge in [-0.15, -0.1) is 0 Å². The van der Waals surface area contributed by atoms with Crippen molar-refractivity contribution in [2.45, 2.75) is 57.8 Å². The van der Waals surface area contributed by atoms with Crippen LogP contribution < -0.4 is 0 Å². The van der Waals surface area contributed by atoms with E-state index in [2.05, 4.69) is 9.47 Å². The second-order valence-electron chi connectivity index (χ2n) is 7.02.